The highest BCUT2D eigenvalue weighted by atomic mass is 16.1. The van der Waals surface area contributed by atoms with E-state index in [1.54, 1.807) is 0 Å². The first-order chi connectivity index (χ1) is 12.8. The van der Waals surface area contributed by atoms with Crippen LogP contribution in [0.25, 0.3) is 11.3 Å². The molecule has 0 saturated carbocycles. The Kier molecular flexibility index (Phi) is 4.79. The van der Waals surface area contributed by atoms with E-state index in [1.165, 1.54) is 0 Å². The fourth-order valence-corrected chi connectivity index (χ4v) is 3.21. The number of nitrogens with zero attached hydrogens (tertiary/aromatic N) is 3. The third kappa shape index (κ3) is 3.52. The van der Waals surface area contributed by atoms with E-state index in [0.717, 1.165) is 49.0 Å². The van der Waals surface area contributed by atoms with Gasteiger partial charge in [-0.05, 0) is 17.7 Å². The van der Waals surface area contributed by atoms with Crippen LogP contribution in [0.15, 0.2) is 42.5 Å². The SMILES string of the molecule is O=C(NCCc1nnc2n1CCNCC2)c1ccc(-c2ccccc2)[nH]1. The van der Waals surface area contributed by atoms with E-state index in [0.29, 0.717) is 18.7 Å². The molecular formula is C19H22N6O. The van der Waals surface area contributed by atoms with Gasteiger partial charge < -0.3 is 20.2 Å². The van der Waals surface area contributed by atoms with Crippen LogP contribution in [0, 0.1) is 0 Å². The Morgan fingerprint density at radius 3 is 2.88 bits per heavy atom. The van der Waals surface area contributed by atoms with Crippen molar-refractivity contribution in [3.8, 4) is 11.3 Å². The first kappa shape index (κ1) is 16.5. The molecule has 4 rings (SSSR count). The second kappa shape index (κ2) is 7.53. The standard InChI is InChI=1S/C19H22N6O/c26-19(16-7-6-15(22-16)14-4-2-1-3-5-14)21-11-9-18-24-23-17-8-10-20-12-13-25(17)18/h1-7,20,22H,8-13H2,(H,21,26). The molecule has 0 atom stereocenters. The largest absolute Gasteiger partial charge is 0.351 e. The number of aromatic nitrogens is 4. The number of hydrogen-bond acceptors (Lipinski definition) is 4. The van der Waals surface area contributed by atoms with Gasteiger partial charge in [0.25, 0.3) is 5.91 Å². The molecule has 7 heteroatoms. The molecule has 3 aromatic rings. The fraction of sp³-hybridized carbons (Fsp3) is 0.316. The maximum Gasteiger partial charge on any atom is 0.267 e. The average Bonchev–Trinajstić information content (AvgIpc) is 3.24. The van der Waals surface area contributed by atoms with Gasteiger partial charge in [-0.3, -0.25) is 4.79 Å². The second-order valence-corrected chi connectivity index (χ2v) is 6.34. The van der Waals surface area contributed by atoms with Gasteiger partial charge in [0.15, 0.2) is 0 Å². The van der Waals surface area contributed by atoms with Gasteiger partial charge in [-0.25, -0.2) is 0 Å². The highest BCUT2D eigenvalue weighted by Crippen LogP contribution is 2.17. The molecule has 3 N–H and O–H groups in total. The van der Waals surface area contributed by atoms with Gasteiger partial charge in [0.1, 0.15) is 17.3 Å². The number of hydrogen-bond donors (Lipinski definition) is 3. The van der Waals surface area contributed by atoms with E-state index in [9.17, 15) is 4.79 Å². The molecule has 134 valence electrons. The van der Waals surface area contributed by atoms with Gasteiger partial charge in [0, 0.05) is 44.7 Å². The minimum absolute atomic E-state index is 0.107. The Morgan fingerprint density at radius 1 is 1.12 bits per heavy atom. The molecular weight excluding hydrogens is 328 g/mol. The number of rotatable bonds is 5. The van der Waals surface area contributed by atoms with Crippen molar-refractivity contribution in [3.05, 3.63) is 59.8 Å². The lowest BCUT2D eigenvalue weighted by Crippen LogP contribution is -2.27. The molecule has 26 heavy (non-hydrogen) atoms. The number of carbonyl (C=O) groups excluding carboxylic acids is 1. The fourth-order valence-electron chi connectivity index (χ4n) is 3.21. The summed E-state index contributed by atoms with van der Waals surface area (Å²) in [4.78, 5) is 15.5. The summed E-state index contributed by atoms with van der Waals surface area (Å²) in [6.45, 7) is 3.27. The predicted molar refractivity (Wildman–Crippen MR) is 98.9 cm³/mol. The van der Waals surface area contributed by atoms with Crippen LogP contribution in [0.5, 0.6) is 0 Å². The van der Waals surface area contributed by atoms with Crippen molar-refractivity contribution in [3.63, 3.8) is 0 Å². The van der Waals surface area contributed by atoms with Crippen molar-refractivity contribution in [2.24, 2.45) is 0 Å². The van der Waals surface area contributed by atoms with Crippen LogP contribution in [0.1, 0.15) is 22.1 Å². The van der Waals surface area contributed by atoms with Gasteiger partial charge in [-0.2, -0.15) is 0 Å². The molecule has 2 aromatic heterocycles. The number of carbonyl (C=O) groups is 1. The molecule has 0 radical (unpaired) electrons. The van der Waals surface area contributed by atoms with Crippen molar-refractivity contribution in [2.75, 3.05) is 19.6 Å². The Bertz CT molecular complexity index is 883. The summed E-state index contributed by atoms with van der Waals surface area (Å²) in [7, 11) is 0. The third-order valence-corrected chi connectivity index (χ3v) is 4.59. The Labute approximate surface area is 151 Å². The zero-order chi connectivity index (χ0) is 17.8. The van der Waals surface area contributed by atoms with Crippen molar-refractivity contribution >= 4 is 5.91 Å². The summed E-state index contributed by atoms with van der Waals surface area (Å²) >= 11 is 0. The van der Waals surface area contributed by atoms with Crippen LogP contribution in [0.2, 0.25) is 0 Å². The van der Waals surface area contributed by atoms with Crippen LogP contribution in [0.3, 0.4) is 0 Å². The lowest BCUT2D eigenvalue weighted by molar-refractivity contribution is 0.0949. The topological polar surface area (TPSA) is 87.6 Å². The van der Waals surface area contributed by atoms with Gasteiger partial charge >= 0.3 is 0 Å². The third-order valence-electron chi connectivity index (χ3n) is 4.59. The number of H-pyrrole nitrogens is 1. The van der Waals surface area contributed by atoms with Crippen molar-refractivity contribution in [1.82, 2.24) is 30.4 Å². The molecule has 0 aliphatic carbocycles. The number of fused-ring (bicyclic) bond motifs is 1. The summed E-state index contributed by atoms with van der Waals surface area (Å²) in [6, 6.07) is 13.7. The Hall–Kier alpha value is -2.93. The van der Waals surface area contributed by atoms with Gasteiger partial charge in [0.2, 0.25) is 0 Å². The Morgan fingerprint density at radius 2 is 2.00 bits per heavy atom. The molecule has 3 heterocycles. The minimum Gasteiger partial charge on any atom is -0.351 e. The second-order valence-electron chi connectivity index (χ2n) is 6.34. The summed E-state index contributed by atoms with van der Waals surface area (Å²) in [6.07, 6.45) is 1.56. The normalized spacial score (nSPS) is 13.8. The number of nitrogens with one attached hydrogen (secondary N) is 3. The smallest absolute Gasteiger partial charge is 0.267 e. The molecule has 1 aliphatic rings. The minimum atomic E-state index is -0.107. The molecule has 0 saturated heterocycles. The molecule has 0 fully saturated rings. The molecule has 1 amide bonds. The van der Waals surface area contributed by atoms with Gasteiger partial charge in [-0.1, -0.05) is 30.3 Å². The Balaban J connectivity index is 1.35. The zero-order valence-corrected chi connectivity index (χ0v) is 14.5. The van der Waals surface area contributed by atoms with E-state index >= 15 is 0 Å². The maximum atomic E-state index is 12.4. The van der Waals surface area contributed by atoms with E-state index < -0.39 is 0 Å². The van der Waals surface area contributed by atoms with Gasteiger partial charge in [-0.15, -0.1) is 10.2 Å². The summed E-state index contributed by atoms with van der Waals surface area (Å²) in [5.74, 6) is 1.85. The molecule has 7 nitrogen and oxygen atoms in total. The number of aromatic amines is 1. The zero-order valence-electron chi connectivity index (χ0n) is 14.5. The lowest BCUT2D eigenvalue weighted by Gasteiger charge is -2.07. The molecule has 0 unspecified atom stereocenters. The summed E-state index contributed by atoms with van der Waals surface area (Å²) in [5, 5.41) is 14.9. The van der Waals surface area contributed by atoms with E-state index in [4.69, 9.17) is 0 Å². The molecule has 0 bridgehead atoms. The van der Waals surface area contributed by atoms with Crippen LogP contribution < -0.4 is 10.6 Å². The first-order valence-electron chi connectivity index (χ1n) is 8.95. The molecule has 1 aromatic carbocycles. The number of amides is 1. The van der Waals surface area contributed by atoms with Crippen LogP contribution >= 0.6 is 0 Å². The van der Waals surface area contributed by atoms with E-state index in [1.807, 2.05) is 42.5 Å². The molecule has 0 spiro atoms. The lowest BCUT2D eigenvalue weighted by atomic mass is 10.2. The van der Waals surface area contributed by atoms with Crippen LogP contribution in [0.4, 0.5) is 0 Å². The first-order valence-corrected chi connectivity index (χ1v) is 8.95. The van der Waals surface area contributed by atoms with Crippen molar-refractivity contribution in [2.45, 2.75) is 19.4 Å². The van der Waals surface area contributed by atoms with Gasteiger partial charge in [0.05, 0.1) is 0 Å². The van der Waals surface area contributed by atoms with E-state index in [-0.39, 0.29) is 5.91 Å². The quantitative estimate of drug-likeness (QED) is 0.649. The highest BCUT2D eigenvalue weighted by molar-refractivity contribution is 5.93. The van der Waals surface area contributed by atoms with Crippen molar-refractivity contribution < 1.29 is 4.79 Å². The van der Waals surface area contributed by atoms with Crippen LogP contribution in [-0.2, 0) is 19.4 Å². The predicted octanol–water partition coefficient (Wildman–Crippen LogP) is 1.39. The average molecular weight is 350 g/mol. The number of benzene rings is 1. The maximum absolute atomic E-state index is 12.4. The highest BCUT2D eigenvalue weighted by Gasteiger charge is 2.15. The van der Waals surface area contributed by atoms with Crippen LogP contribution in [-0.4, -0.2) is 45.3 Å². The van der Waals surface area contributed by atoms with Crippen molar-refractivity contribution in [1.29, 1.82) is 0 Å². The molecule has 1 aliphatic heterocycles. The monoisotopic (exact) mass is 350 g/mol. The summed E-state index contributed by atoms with van der Waals surface area (Å²) < 4.78 is 2.16. The van der Waals surface area contributed by atoms with E-state index in [2.05, 4.69) is 30.4 Å². The summed E-state index contributed by atoms with van der Waals surface area (Å²) in [5.41, 5.74) is 2.56.